The molecule has 1 aliphatic rings. The lowest BCUT2D eigenvalue weighted by Gasteiger charge is -2.11. The van der Waals surface area contributed by atoms with Gasteiger partial charge in [0.2, 0.25) is 5.91 Å². The van der Waals surface area contributed by atoms with Gasteiger partial charge in [0.25, 0.3) is 0 Å². The Morgan fingerprint density at radius 2 is 2.16 bits per heavy atom. The summed E-state index contributed by atoms with van der Waals surface area (Å²) in [7, 11) is 1.47. The zero-order chi connectivity index (χ0) is 14.2. The van der Waals surface area contributed by atoms with Crippen molar-refractivity contribution in [2.24, 2.45) is 11.8 Å². The van der Waals surface area contributed by atoms with Crippen molar-refractivity contribution in [3.8, 4) is 5.75 Å². The number of carbonyl (C=O) groups excluding carboxylic acids is 1. The number of methoxy groups -OCH3 is 1. The molecule has 2 rings (SSSR count). The highest BCUT2D eigenvalue weighted by Crippen LogP contribution is 2.41. The van der Waals surface area contributed by atoms with Crippen LogP contribution >= 0.6 is 27.5 Å². The monoisotopic (exact) mass is 347 g/mol. The van der Waals surface area contributed by atoms with Crippen molar-refractivity contribution in [1.29, 1.82) is 0 Å². The summed E-state index contributed by atoms with van der Waals surface area (Å²) in [5.41, 5.74) is 0.428. The molecule has 0 saturated heterocycles. The maximum atomic E-state index is 11.9. The number of carbonyl (C=O) groups is 2. The Balaban J connectivity index is 2.13. The van der Waals surface area contributed by atoms with Crippen molar-refractivity contribution < 1.29 is 19.4 Å². The van der Waals surface area contributed by atoms with Crippen LogP contribution in [-0.2, 0) is 9.59 Å². The molecule has 0 radical (unpaired) electrons. The van der Waals surface area contributed by atoms with Crippen LogP contribution in [0.1, 0.15) is 6.42 Å². The zero-order valence-corrected chi connectivity index (χ0v) is 12.3. The summed E-state index contributed by atoms with van der Waals surface area (Å²) >= 11 is 9.21. The molecule has 1 fully saturated rings. The summed E-state index contributed by atoms with van der Waals surface area (Å²) in [5, 5.41) is 11.9. The first-order valence-corrected chi connectivity index (χ1v) is 6.68. The predicted octanol–water partition coefficient (Wildman–Crippen LogP) is 2.77. The Morgan fingerprint density at radius 3 is 2.68 bits per heavy atom. The SMILES string of the molecule is COc1cc(Br)c(Cl)cc1NC(=O)[C@@H]1C[C@H]1C(=O)O. The van der Waals surface area contributed by atoms with Crippen LogP contribution in [0.5, 0.6) is 5.75 Å². The molecular formula is C12H11BrClNO4. The normalized spacial score (nSPS) is 20.8. The van der Waals surface area contributed by atoms with Crippen LogP contribution in [0.2, 0.25) is 5.02 Å². The summed E-state index contributed by atoms with van der Waals surface area (Å²) in [5.74, 6) is -1.89. The Labute approximate surface area is 123 Å². The molecular weight excluding hydrogens is 337 g/mol. The molecule has 5 nitrogen and oxygen atoms in total. The second kappa shape index (κ2) is 5.38. The number of anilines is 1. The van der Waals surface area contributed by atoms with Gasteiger partial charge in [-0.15, -0.1) is 0 Å². The number of nitrogens with one attached hydrogen (secondary N) is 1. The number of halogens is 2. The first kappa shape index (κ1) is 14.1. The van der Waals surface area contributed by atoms with Gasteiger partial charge in [-0.25, -0.2) is 0 Å². The van der Waals surface area contributed by atoms with Gasteiger partial charge in [-0.1, -0.05) is 11.6 Å². The highest BCUT2D eigenvalue weighted by Gasteiger charge is 2.48. The van der Waals surface area contributed by atoms with Gasteiger partial charge in [-0.05, 0) is 34.5 Å². The molecule has 1 saturated carbocycles. The van der Waals surface area contributed by atoms with Crippen molar-refractivity contribution in [2.45, 2.75) is 6.42 Å². The third kappa shape index (κ3) is 3.01. The summed E-state index contributed by atoms with van der Waals surface area (Å²) in [6, 6.07) is 3.19. The summed E-state index contributed by atoms with van der Waals surface area (Å²) in [4.78, 5) is 22.6. The summed E-state index contributed by atoms with van der Waals surface area (Å²) in [6.07, 6.45) is 0.369. The smallest absolute Gasteiger partial charge is 0.307 e. The van der Waals surface area contributed by atoms with E-state index in [-0.39, 0.29) is 5.91 Å². The first-order chi connectivity index (χ1) is 8.93. The molecule has 1 amide bonds. The summed E-state index contributed by atoms with van der Waals surface area (Å²) in [6.45, 7) is 0. The van der Waals surface area contributed by atoms with Gasteiger partial charge in [0.15, 0.2) is 0 Å². The molecule has 102 valence electrons. The number of carboxylic acid groups (broad SMARTS) is 1. The number of benzene rings is 1. The molecule has 0 spiro atoms. The summed E-state index contributed by atoms with van der Waals surface area (Å²) < 4.78 is 5.79. The van der Waals surface area contributed by atoms with Gasteiger partial charge in [-0.3, -0.25) is 9.59 Å². The number of aliphatic carboxylic acids is 1. The van der Waals surface area contributed by atoms with Crippen molar-refractivity contribution in [2.75, 3.05) is 12.4 Å². The van der Waals surface area contributed by atoms with Crippen molar-refractivity contribution in [3.05, 3.63) is 21.6 Å². The largest absolute Gasteiger partial charge is 0.495 e. The maximum absolute atomic E-state index is 11.9. The lowest BCUT2D eigenvalue weighted by Crippen LogP contribution is -2.17. The topological polar surface area (TPSA) is 75.6 Å². The standard InChI is InChI=1S/C12H11BrClNO4/c1-19-10-3-7(13)8(14)4-9(10)15-11(16)5-2-6(5)12(17)18/h3-6H,2H2,1H3,(H,15,16)(H,17,18)/t5-,6-/m1/s1. The van der Waals surface area contributed by atoms with E-state index >= 15 is 0 Å². The van der Waals surface area contributed by atoms with Gasteiger partial charge >= 0.3 is 5.97 Å². The number of rotatable bonds is 4. The molecule has 0 heterocycles. The zero-order valence-electron chi connectivity index (χ0n) is 9.94. The lowest BCUT2D eigenvalue weighted by atomic mass is 10.2. The minimum Gasteiger partial charge on any atom is -0.495 e. The van der Waals surface area contributed by atoms with Crippen LogP contribution in [0.15, 0.2) is 16.6 Å². The van der Waals surface area contributed by atoms with Gasteiger partial charge in [0.05, 0.1) is 29.7 Å². The van der Waals surface area contributed by atoms with Crippen LogP contribution in [0.4, 0.5) is 5.69 Å². The number of carboxylic acids is 1. The highest BCUT2D eigenvalue weighted by atomic mass is 79.9. The van der Waals surface area contributed by atoms with Gasteiger partial charge in [-0.2, -0.15) is 0 Å². The quantitative estimate of drug-likeness (QED) is 0.877. The van der Waals surface area contributed by atoms with Crippen molar-refractivity contribution >= 4 is 45.1 Å². The second-order valence-corrected chi connectivity index (χ2v) is 5.50. The molecule has 19 heavy (non-hydrogen) atoms. The fourth-order valence-corrected chi connectivity index (χ4v) is 2.26. The van der Waals surface area contributed by atoms with Crippen LogP contribution < -0.4 is 10.1 Å². The highest BCUT2D eigenvalue weighted by molar-refractivity contribution is 9.10. The average molecular weight is 349 g/mol. The Hall–Kier alpha value is -1.27. The molecule has 0 aliphatic heterocycles. The van der Waals surface area contributed by atoms with Gasteiger partial charge in [0, 0.05) is 4.47 Å². The molecule has 0 aromatic heterocycles. The molecule has 1 aromatic rings. The first-order valence-electron chi connectivity index (χ1n) is 5.50. The Bertz CT molecular complexity index is 549. The Kier molecular flexibility index (Phi) is 4.01. The fourth-order valence-electron chi connectivity index (χ4n) is 1.78. The van der Waals surface area contributed by atoms with Crippen LogP contribution in [0.25, 0.3) is 0 Å². The number of ether oxygens (including phenoxy) is 1. The molecule has 1 aromatic carbocycles. The van der Waals surface area contributed by atoms with Crippen molar-refractivity contribution in [1.82, 2.24) is 0 Å². The molecule has 2 N–H and O–H groups in total. The third-order valence-corrected chi connectivity index (χ3v) is 4.14. The van der Waals surface area contributed by atoms with Gasteiger partial charge in [0.1, 0.15) is 5.75 Å². The fraction of sp³-hybridized carbons (Fsp3) is 0.333. The third-order valence-electron chi connectivity index (χ3n) is 2.94. The minimum absolute atomic E-state index is 0.330. The molecule has 0 bridgehead atoms. The lowest BCUT2D eigenvalue weighted by molar-refractivity contribution is -0.139. The van der Waals surface area contributed by atoms with E-state index < -0.39 is 17.8 Å². The van der Waals surface area contributed by atoms with Crippen molar-refractivity contribution in [3.63, 3.8) is 0 Å². The van der Waals surface area contributed by atoms with E-state index in [4.69, 9.17) is 21.4 Å². The van der Waals surface area contributed by atoms with E-state index in [1.54, 1.807) is 12.1 Å². The van der Waals surface area contributed by atoms with E-state index in [0.29, 0.717) is 27.4 Å². The maximum Gasteiger partial charge on any atom is 0.307 e. The van der Waals surface area contributed by atoms with Crippen LogP contribution in [-0.4, -0.2) is 24.1 Å². The number of hydrogen-bond acceptors (Lipinski definition) is 3. The molecule has 1 aliphatic carbocycles. The Morgan fingerprint density at radius 1 is 1.47 bits per heavy atom. The number of hydrogen-bond donors (Lipinski definition) is 2. The second-order valence-electron chi connectivity index (χ2n) is 4.24. The minimum atomic E-state index is -0.944. The average Bonchev–Trinajstić information content (AvgIpc) is 3.13. The molecule has 0 unspecified atom stereocenters. The number of amides is 1. The van der Waals surface area contributed by atoms with Gasteiger partial charge < -0.3 is 15.2 Å². The molecule has 2 atom stereocenters. The van der Waals surface area contributed by atoms with E-state index in [0.717, 1.165) is 0 Å². The van der Waals surface area contributed by atoms with E-state index in [1.807, 2.05) is 0 Å². The predicted molar refractivity (Wildman–Crippen MR) is 73.6 cm³/mol. The van der Waals surface area contributed by atoms with E-state index in [1.165, 1.54) is 7.11 Å². The molecule has 7 heteroatoms. The van der Waals surface area contributed by atoms with Crippen LogP contribution in [0.3, 0.4) is 0 Å². The van der Waals surface area contributed by atoms with E-state index in [2.05, 4.69) is 21.2 Å². The van der Waals surface area contributed by atoms with Crippen LogP contribution in [0, 0.1) is 11.8 Å². The van der Waals surface area contributed by atoms with E-state index in [9.17, 15) is 9.59 Å².